The van der Waals surface area contributed by atoms with Crippen molar-refractivity contribution in [2.45, 2.75) is 23.5 Å². The molecule has 0 saturated carbocycles. The van der Waals surface area contributed by atoms with E-state index < -0.39 is 45.8 Å². The fraction of sp³-hybridized carbons (Fsp3) is 0.350. The molecule has 10 heteroatoms. The van der Waals surface area contributed by atoms with Crippen LogP contribution >= 0.6 is 0 Å². The number of sulfone groups is 1. The Balaban J connectivity index is 1.99. The van der Waals surface area contributed by atoms with Gasteiger partial charge in [0, 0.05) is 5.69 Å². The predicted molar refractivity (Wildman–Crippen MR) is 103 cm³/mol. The highest BCUT2D eigenvalue weighted by atomic mass is 32.2. The van der Waals surface area contributed by atoms with Crippen LogP contribution in [0.15, 0.2) is 53.4 Å². The first-order chi connectivity index (χ1) is 14.0. The molecule has 2 aromatic carbocycles. The Hall–Kier alpha value is -2.75. The van der Waals surface area contributed by atoms with E-state index in [1.165, 1.54) is 43.5 Å². The zero-order valence-electron chi connectivity index (χ0n) is 16.2. The summed E-state index contributed by atoms with van der Waals surface area (Å²) < 4.78 is 77.8. The monoisotopic (exact) mass is 443 g/mol. The largest absolute Gasteiger partial charge is 0.497 e. The van der Waals surface area contributed by atoms with E-state index in [0.717, 1.165) is 5.56 Å². The maximum absolute atomic E-state index is 14.2. The number of alkyl halides is 3. The van der Waals surface area contributed by atoms with Crippen molar-refractivity contribution in [1.82, 2.24) is 0 Å². The molecule has 1 fully saturated rings. The van der Waals surface area contributed by atoms with Gasteiger partial charge in [0.1, 0.15) is 5.75 Å². The molecule has 0 radical (unpaired) electrons. The first-order valence-electron chi connectivity index (χ1n) is 8.95. The number of cyclic esters (lactones) is 1. The first kappa shape index (κ1) is 21.9. The van der Waals surface area contributed by atoms with Gasteiger partial charge in [0.2, 0.25) is 5.54 Å². The second kappa shape index (κ2) is 7.82. The van der Waals surface area contributed by atoms with Crippen molar-refractivity contribution in [2.75, 3.05) is 24.8 Å². The Labute approximate surface area is 171 Å². The van der Waals surface area contributed by atoms with E-state index in [2.05, 4.69) is 5.32 Å². The number of hydrogen-bond acceptors (Lipinski definition) is 6. The normalized spacial score (nSPS) is 21.9. The quantitative estimate of drug-likeness (QED) is 0.690. The van der Waals surface area contributed by atoms with Crippen LogP contribution < -0.4 is 10.1 Å². The zero-order chi connectivity index (χ0) is 22.2. The predicted octanol–water partition coefficient (Wildman–Crippen LogP) is 3.36. The molecular weight excluding hydrogens is 423 g/mol. The van der Waals surface area contributed by atoms with E-state index in [-0.39, 0.29) is 10.6 Å². The average Bonchev–Trinajstić information content (AvgIpc) is 2.99. The average molecular weight is 443 g/mol. The number of nitrogens with one attached hydrogen (secondary N) is 1. The Kier molecular flexibility index (Phi) is 5.72. The van der Waals surface area contributed by atoms with Gasteiger partial charge in [-0.05, 0) is 43.3 Å². The lowest BCUT2D eigenvalue weighted by atomic mass is 9.86. The van der Waals surface area contributed by atoms with Crippen LogP contribution in [0.5, 0.6) is 5.75 Å². The summed E-state index contributed by atoms with van der Waals surface area (Å²) in [5.41, 5.74) is -2.41. The third-order valence-corrected chi connectivity index (χ3v) is 6.86. The number of esters is 1. The lowest BCUT2D eigenvalue weighted by Crippen LogP contribution is -2.61. The van der Waals surface area contributed by atoms with Crippen molar-refractivity contribution in [3.8, 4) is 5.75 Å². The number of benzene rings is 2. The van der Waals surface area contributed by atoms with E-state index in [1.54, 1.807) is 19.1 Å². The van der Waals surface area contributed by atoms with Crippen LogP contribution in [-0.2, 0) is 19.4 Å². The molecule has 0 unspecified atom stereocenters. The molecular formula is C20H20F3NO5S. The minimum Gasteiger partial charge on any atom is -0.497 e. The van der Waals surface area contributed by atoms with E-state index in [1.807, 2.05) is 0 Å². The van der Waals surface area contributed by atoms with Crippen molar-refractivity contribution in [3.05, 3.63) is 54.1 Å². The molecule has 2 atom stereocenters. The van der Waals surface area contributed by atoms with E-state index >= 15 is 0 Å². The Morgan fingerprint density at radius 3 is 2.27 bits per heavy atom. The van der Waals surface area contributed by atoms with Gasteiger partial charge in [0.25, 0.3) is 0 Å². The van der Waals surface area contributed by atoms with Crippen molar-refractivity contribution >= 4 is 21.5 Å². The third kappa shape index (κ3) is 3.96. The summed E-state index contributed by atoms with van der Waals surface area (Å²) in [6.07, 6.45) is -5.10. The van der Waals surface area contributed by atoms with Crippen LogP contribution in [0, 0.1) is 12.8 Å². The van der Waals surface area contributed by atoms with Crippen molar-refractivity contribution < 1.29 is 35.9 Å². The van der Waals surface area contributed by atoms with Gasteiger partial charge < -0.3 is 14.8 Å². The molecule has 0 spiro atoms. The Bertz CT molecular complexity index is 1020. The molecule has 0 aromatic heterocycles. The molecule has 2 aromatic rings. The van der Waals surface area contributed by atoms with Gasteiger partial charge in [0.15, 0.2) is 9.84 Å². The molecule has 1 saturated heterocycles. The number of ether oxygens (including phenoxy) is 2. The molecule has 162 valence electrons. The fourth-order valence-corrected chi connectivity index (χ4v) is 4.95. The highest BCUT2D eigenvalue weighted by molar-refractivity contribution is 7.91. The van der Waals surface area contributed by atoms with Gasteiger partial charge >= 0.3 is 12.1 Å². The van der Waals surface area contributed by atoms with Crippen LogP contribution in [0.1, 0.15) is 5.56 Å². The summed E-state index contributed by atoms with van der Waals surface area (Å²) in [4.78, 5) is 12.2. The number of aryl methyl sites for hydroxylation is 1. The van der Waals surface area contributed by atoms with Gasteiger partial charge in [-0.1, -0.05) is 17.7 Å². The molecule has 1 N–H and O–H groups in total. The van der Waals surface area contributed by atoms with E-state index in [0.29, 0.717) is 5.75 Å². The van der Waals surface area contributed by atoms with Gasteiger partial charge in [-0.2, -0.15) is 13.2 Å². The first-order valence-corrected chi connectivity index (χ1v) is 10.6. The molecule has 1 aliphatic rings. The summed E-state index contributed by atoms with van der Waals surface area (Å²) in [5.74, 6) is -3.74. The summed E-state index contributed by atoms with van der Waals surface area (Å²) in [6.45, 7) is 1.08. The Morgan fingerprint density at radius 2 is 1.73 bits per heavy atom. The molecule has 3 rings (SSSR count). The number of anilines is 1. The number of carbonyl (C=O) groups is 1. The van der Waals surface area contributed by atoms with Gasteiger partial charge in [-0.3, -0.25) is 0 Å². The second-order valence-electron chi connectivity index (χ2n) is 7.05. The smallest absolute Gasteiger partial charge is 0.422 e. The fourth-order valence-electron chi connectivity index (χ4n) is 3.33. The lowest BCUT2D eigenvalue weighted by molar-refractivity contribution is -0.193. The minimum atomic E-state index is -5.10. The number of rotatable bonds is 6. The summed E-state index contributed by atoms with van der Waals surface area (Å²) >= 11 is 0. The molecule has 6 nitrogen and oxygen atoms in total. The van der Waals surface area contributed by atoms with Crippen LogP contribution in [0.3, 0.4) is 0 Å². The van der Waals surface area contributed by atoms with Gasteiger partial charge in [-0.25, -0.2) is 13.2 Å². The highest BCUT2D eigenvalue weighted by Gasteiger charge is 2.70. The SMILES string of the molecule is COc1ccc(N[C@@]2(C(F)(F)F)C(=O)OC[C@@H]2CS(=O)(=O)c2ccc(C)cc2)cc1. The molecule has 1 aliphatic heterocycles. The maximum atomic E-state index is 14.2. The van der Waals surface area contributed by atoms with Gasteiger partial charge in [0.05, 0.1) is 30.3 Å². The highest BCUT2D eigenvalue weighted by Crippen LogP contribution is 2.45. The summed E-state index contributed by atoms with van der Waals surface area (Å²) in [5, 5.41) is 2.21. The van der Waals surface area contributed by atoms with Crippen molar-refractivity contribution in [2.24, 2.45) is 5.92 Å². The molecule has 0 bridgehead atoms. The second-order valence-corrected chi connectivity index (χ2v) is 9.08. The van der Waals surface area contributed by atoms with Crippen LogP contribution in [0.4, 0.5) is 18.9 Å². The molecule has 1 heterocycles. The topological polar surface area (TPSA) is 81.7 Å². The van der Waals surface area contributed by atoms with Crippen LogP contribution in [0.25, 0.3) is 0 Å². The number of methoxy groups -OCH3 is 1. The number of hydrogen-bond donors (Lipinski definition) is 1. The molecule has 0 amide bonds. The minimum absolute atomic E-state index is 0.0234. The summed E-state index contributed by atoms with van der Waals surface area (Å²) in [6, 6.07) is 11.2. The van der Waals surface area contributed by atoms with Crippen molar-refractivity contribution in [1.29, 1.82) is 0 Å². The van der Waals surface area contributed by atoms with Crippen LogP contribution in [-0.4, -0.2) is 45.6 Å². The van der Waals surface area contributed by atoms with E-state index in [9.17, 15) is 26.4 Å². The lowest BCUT2D eigenvalue weighted by Gasteiger charge is -2.34. The number of halogens is 3. The van der Waals surface area contributed by atoms with E-state index in [4.69, 9.17) is 9.47 Å². The number of carbonyl (C=O) groups excluding carboxylic acids is 1. The molecule has 0 aliphatic carbocycles. The van der Waals surface area contributed by atoms with Gasteiger partial charge in [-0.15, -0.1) is 0 Å². The maximum Gasteiger partial charge on any atom is 0.422 e. The molecule has 30 heavy (non-hydrogen) atoms. The van der Waals surface area contributed by atoms with Crippen LogP contribution in [0.2, 0.25) is 0 Å². The summed E-state index contributed by atoms with van der Waals surface area (Å²) in [7, 11) is -2.71. The zero-order valence-corrected chi connectivity index (χ0v) is 17.0. The Morgan fingerprint density at radius 1 is 1.13 bits per heavy atom. The van der Waals surface area contributed by atoms with Crippen molar-refractivity contribution in [3.63, 3.8) is 0 Å². The third-order valence-electron chi connectivity index (χ3n) is 5.03. The standard InChI is InChI=1S/C20H20F3NO5S/c1-13-3-9-17(10-4-13)30(26,27)12-14-11-29-18(25)19(14,20(21,22)23)24-15-5-7-16(28-2)8-6-15/h3-10,14,24H,11-12H2,1-2H3/t14-,19-/m1/s1.